The normalized spacial score (nSPS) is 20.1. The van der Waals surface area contributed by atoms with Crippen LogP contribution in [0.15, 0.2) is 30.5 Å². The first-order valence-electron chi connectivity index (χ1n) is 6.30. The molecule has 1 saturated heterocycles. The third-order valence-electron chi connectivity index (χ3n) is 3.34. The van der Waals surface area contributed by atoms with Crippen molar-refractivity contribution < 1.29 is 4.74 Å². The number of benzene rings is 1. The van der Waals surface area contributed by atoms with Crippen LogP contribution in [-0.2, 0) is 11.3 Å². The summed E-state index contributed by atoms with van der Waals surface area (Å²) in [5.74, 6) is 0. The fourth-order valence-corrected chi connectivity index (χ4v) is 2.40. The van der Waals surface area contributed by atoms with E-state index in [2.05, 4.69) is 34.6 Å². The van der Waals surface area contributed by atoms with E-state index in [1.807, 2.05) is 6.20 Å². The van der Waals surface area contributed by atoms with Crippen LogP contribution in [0, 0.1) is 0 Å². The van der Waals surface area contributed by atoms with Crippen LogP contribution in [0.2, 0.25) is 0 Å². The average Bonchev–Trinajstić information content (AvgIpc) is 2.98. The van der Waals surface area contributed by atoms with Gasteiger partial charge in [0.15, 0.2) is 0 Å². The Morgan fingerprint density at radius 2 is 2.35 bits per heavy atom. The van der Waals surface area contributed by atoms with Crippen molar-refractivity contribution in [3.8, 4) is 0 Å². The van der Waals surface area contributed by atoms with Gasteiger partial charge in [-0.15, -0.1) is 0 Å². The zero-order valence-corrected chi connectivity index (χ0v) is 9.91. The fraction of sp³-hybridized carbons (Fsp3) is 0.429. The van der Waals surface area contributed by atoms with Crippen molar-refractivity contribution in [1.29, 1.82) is 0 Å². The Bertz CT molecular complexity index is 486. The lowest BCUT2D eigenvalue weighted by atomic mass is 10.1. The third kappa shape index (κ3) is 2.51. The maximum absolute atomic E-state index is 5.58. The minimum Gasteiger partial charge on any atom is -0.377 e. The Hall–Kier alpha value is -1.32. The molecule has 1 fully saturated rings. The van der Waals surface area contributed by atoms with Gasteiger partial charge < -0.3 is 15.0 Å². The predicted molar refractivity (Wildman–Crippen MR) is 69.0 cm³/mol. The molecule has 2 aromatic rings. The number of aromatic nitrogens is 1. The minimum atomic E-state index is 0.422. The van der Waals surface area contributed by atoms with Crippen molar-refractivity contribution in [1.82, 2.24) is 10.3 Å². The smallest absolute Gasteiger partial charge is 0.0700 e. The Kier molecular flexibility index (Phi) is 3.12. The van der Waals surface area contributed by atoms with E-state index in [-0.39, 0.29) is 0 Å². The molecule has 1 aromatic carbocycles. The van der Waals surface area contributed by atoms with Gasteiger partial charge in [-0.05, 0) is 42.0 Å². The maximum Gasteiger partial charge on any atom is 0.0700 e. The molecule has 17 heavy (non-hydrogen) atoms. The number of aromatic amines is 1. The average molecular weight is 230 g/mol. The third-order valence-corrected chi connectivity index (χ3v) is 3.34. The highest BCUT2D eigenvalue weighted by Gasteiger charge is 2.14. The van der Waals surface area contributed by atoms with Crippen LogP contribution in [0.1, 0.15) is 18.4 Å². The predicted octanol–water partition coefficient (Wildman–Crippen LogP) is 2.44. The van der Waals surface area contributed by atoms with Crippen molar-refractivity contribution in [2.45, 2.75) is 25.5 Å². The number of ether oxygens (including phenoxy) is 1. The number of fused-ring (bicyclic) bond motifs is 1. The van der Waals surface area contributed by atoms with Gasteiger partial charge in [0.2, 0.25) is 0 Å². The van der Waals surface area contributed by atoms with E-state index in [4.69, 9.17) is 4.74 Å². The van der Waals surface area contributed by atoms with Gasteiger partial charge in [-0.3, -0.25) is 0 Å². The first-order chi connectivity index (χ1) is 8.42. The van der Waals surface area contributed by atoms with E-state index < -0.39 is 0 Å². The van der Waals surface area contributed by atoms with Crippen molar-refractivity contribution in [2.75, 3.05) is 13.2 Å². The van der Waals surface area contributed by atoms with Crippen molar-refractivity contribution in [2.24, 2.45) is 0 Å². The molecule has 0 saturated carbocycles. The minimum absolute atomic E-state index is 0.422. The summed E-state index contributed by atoms with van der Waals surface area (Å²) in [5, 5.41) is 4.74. The van der Waals surface area contributed by atoms with E-state index >= 15 is 0 Å². The van der Waals surface area contributed by atoms with Crippen molar-refractivity contribution in [3.63, 3.8) is 0 Å². The molecule has 0 spiro atoms. The molecule has 2 N–H and O–H groups in total. The summed E-state index contributed by atoms with van der Waals surface area (Å²) < 4.78 is 5.58. The van der Waals surface area contributed by atoms with Gasteiger partial charge in [-0.1, -0.05) is 6.07 Å². The van der Waals surface area contributed by atoms with Crippen molar-refractivity contribution in [3.05, 3.63) is 36.0 Å². The summed E-state index contributed by atoms with van der Waals surface area (Å²) in [6, 6.07) is 8.65. The largest absolute Gasteiger partial charge is 0.377 e. The molecule has 3 heteroatoms. The Labute approximate surface area is 101 Å². The number of hydrogen-bond acceptors (Lipinski definition) is 2. The van der Waals surface area contributed by atoms with Gasteiger partial charge in [0.1, 0.15) is 0 Å². The Balaban J connectivity index is 1.56. The Morgan fingerprint density at radius 1 is 1.35 bits per heavy atom. The van der Waals surface area contributed by atoms with Gasteiger partial charge >= 0.3 is 0 Å². The van der Waals surface area contributed by atoms with Gasteiger partial charge in [-0.2, -0.15) is 0 Å². The summed E-state index contributed by atoms with van der Waals surface area (Å²) in [4.78, 5) is 3.21. The molecule has 1 aliphatic heterocycles. The fourth-order valence-electron chi connectivity index (χ4n) is 2.40. The number of hydrogen-bond donors (Lipinski definition) is 2. The lowest BCUT2D eigenvalue weighted by Gasteiger charge is -2.10. The van der Waals surface area contributed by atoms with E-state index in [1.54, 1.807) is 0 Å². The molecular weight excluding hydrogens is 212 g/mol. The highest BCUT2D eigenvalue weighted by molar-refractivity contribution is 5.79. The van der Waals surface area contributed by atoms with E-state index in [0.717, 1.165) is 19.7 Å². The molecule has 1 aliphatic rings. The van der Waals surface area contributed by atoms with Gasteiger partial charge in [0, 0.05) is 31.4 Å². The maximum atomic E-state index is 5.58. The SMILES string of the molecule is c1cc2cc(CNC[C@@H]3CCCO3)ccc2[nH]1. The van der Waals surface area contributed by atoms with Gasteiger partial charge in [0.25, 0.3) is 0 Å². The number of rotatable bonds is 4. The second-order valence-electron chi connectivity index (χ2n) is 4.67. The standard InChI is InChI=1S/C14H18N2O/c1-2-13(17-7-1)10-15-9-11-3-4-14-12(8-11)5-6-16-14/h3-6,8,13,15-16H,1-2,7,9-10H2/t13-/m0/s1. The van der Waals surface area contributed by atoms with Crippen LogP contribution >= 0.6 is 0 Å². The first-order valence-corrected chi connectivity index (χ1v) is 6.30. The first kappa shape index (κ1) is 10.8. The topological polar surface area (TPSA) is 37.0 Å². The van der Waals surface area contributed by atoms with Crippen LogP contribution in [0.4, 0.5) is 0 Å². The highest BCUT2D eigenvalue weighted by Crippen LogP contribution is 2.14. The second-order valence-corrected chi connectivity index (χ2v) is 4.67. The van der Waals surface area contributed by atoms with E-state index in [0.29, 0.717) is 6.10 Å². The summed E-state index contributed by atoms with van der Waals surface area (Å²) in [5.41, 5.74) is 2.53. The van der Waals surface area contributed by atoms with Crippen LogP contribution in [-0.4, -0.2) is 24.2 Å². The van der Waals surface area contributed by atoms with Gasteiger partial charge in [0.05, 0.1) is 6.10 Å². The molecule has 0 bridgehead atoms. The zero-order chi connectivity index (χ0) is 11.5. The lowest BCUT2D eigenvalue weighted by molar-refractivity contribution is 0.110. The van der Waals surface area contributed by atoms with Crippen LogP contribution in [0.25, 0.3) is 10.9 Å². The number of nitrogens with one attached hydrogen (secondary N) is 2. The number of H-pyrrole nitrogens is 1. The highest BCUT2D eigenvalue weighted by atomic mass is 16.5. The summed E-state index contributed by atoms with van der Waals surface area (Å²) in [6.07, 6.45) is 4.81. The molecule has 1 atom stereocenters. The zero-order valence-electron chi connectivity index (χ0n) is 9.91. The second kappa shape index (κ2) is 4.90. The molecule has 3 nitrogen and oxygen atoms in total. The molecule has 0 unspecified atom stereocenters. The van der Waals surface area contributed by atoms with Crippen molar-refractivity contribution >= 4 is 10.9 Å². The summed E-state index contributed by atoms with van der Waals surface area (Å²) in [6.45, 7) is 2.81. The van der Waals surface area contributed by atoms with E-state index in [9.17, 15) is 0 Å². The summed E-state index contributed by atoms with van der Waals surface area (Å²) >= 11 is 0. The van der Waals surface area contributed by atoms with Crippen LogP contribution in [0.5, 0.6) is 0 Å². The molecule has 0 amide bonds. The summed E-state index contributed by atoms with van der Waals surface area (Å²) in [7, 11) is 0. The quantitative estimate of drug-likeness (QED) is 0.846. The molecule has 0 aliphatic carbocycles. The van der Waals surface area contributed by atoms with Crippen LogP contribution in [0.3, 0.4) is 0 Å². The monoisotopic (exact) mass is 230 g/mol. The van der Waals surface area contributed by atoms with E-state index in [1.165, 1.54) is 29.3 Å². The molecular formula is C14H18N2O. The van der Waals surface area contributed by atoms with Crippen LogP contribution < -0.4 is 5.32 Å². The molecule has 2 heterocycles. The van der Waals surface area contributed by atoms with Gasteiger partial charge in [-0.25, -0.2) is 0 Å². The molecule has 1 aromatic heterocycles. The lowest BCUT2D eigenvalue weighted by Crippen LogP contribution is -2.25. The molecule has 90 valence electrons. The molecule has 0 radical (unpaired) electrons. The molecule has 3 rings (SSSR count). The Morgan fingerprint density at radius 3 is 3.24 bits per heavy atom.